The highest BCUT2D eigenvalue weighted by molar-refractivity contribution is 9.10. The number of anilines is 1. The van der Waals surface area contributed by atoms with Gasteiger partial charge in [0.25, 0.3) is 0 Å². The number of carbonyl (C=O) groups is 1. The molecule has 0 saturated carbocycles. The molecule has 8 nitrogen and oxygen atoms in total. The highest BCUT2D eigenvalue weighted by atomic mass is 79.9. The molecule has 1 aliphatic heterocycles. The molecular formula is C26H25BrCl2N4O4S. The monoisotopic (exact) mass is 638 g/mol. The number of rotatable bonds is 10. The fraction of sp³-hybridized carbons (Fsp3) is 0.269. The Labute approximate surface area is 243 Å². The number of ether oxygens (including phenoxy) is 3. The van der Waals surface area contributed by atoms with E-state index in [2.05, 4.69) is 37.9 Å². The molecule has 12 heteroatoms. The van der Waals surface area contributed by atoms with Crippen molar-refractivity contribution in [3.63, 3.8) is 0 Å². The van der Waals surface area contributed by atoms with Gasteiger partial charge in [-0.3, -0.25) is 0 Å². The van der Waals surface area contributed by atoms with Crippen LogP contribution in [0, 0.1) is 0 Å². The number of allylic oxidation sites excluding steroid dienone is 1. The van der Waals surface area contributed by atoms with Crippen LogP contribution in [0.3, 0.4) is 0 Å². The Bertz CT molecular complexity index is 1410. The standard InChI is InChI=1S/C26H25BrCl2N4O4S/c1-5-9-36-24(34)21-14(3)30-25-31-26(38-6-2)32-33(25)22(21)16-10-18(27)23(20(11-16)35-4)37-13-15-7-8-17(28)12-19(15)29/h5,7-8,10-12,22H,1,6,9,13H2,2-4H3,(H,30,31,32). The van der Waals surface area contributed by atoms with Gasteiger partial charge >= 0.3 is 5.97 Å². The van der Waals surface area contributed by atoms with Gasteiger partial charge in [-0.1, -0.05) is 60.6 Å². The van der Waals surface area contributed by atoms with Crippen molar-refractivity contribution < 1.29 is 19.0 Å². The molecule has 1 atom stereocenters. The van der Waals surface area contributed by atoms with Gasteiger partial charge in [0.15, 0.2) is 11.5 Å². The summed E-state index contributed by atoms with van der Waals surface area (Å²) in [6.45, 7) is 7.74. The summed E-state index contributed by atoms with van der Waals surface area (Å²) in [5.74, 6) is 1.78. The number of thioether (sulfide) groups is 1. The highest BCUT2D eigenvalue weighted by Gasteiger charge is 2.36. The van der Waals surface area contributed by atoms with Crippen molar-refractivity contribution in [2.45, 2.75) is 31.7 Å². The van der Waals surface area contributed by atoms with Crippen molar-refractivity contribution in [1.82, 2.24) is 14.8 Å². The number of hydrogen-bond donors (Lipinski definition) is 1. The molecule has 0 aliphatic carbocycles. The van der Waals surface area contributed by atoms with Crippen LogP contribution in [-0.2, 0) is 16.1 Å². The zero-order valence-electron chi connectivity index (χ0n) is 20.9. The first kappa shape index (κ1) is 28.4. The van der Waals surface area contributed by atoms with Crippen LogP contribution in [0.25, 0.3) is 0 Å². The van der Waals surface area contributed by atoms with Gasteiger partial charge in [0.1, 0.15) is 19.3 Å². The lowest BCUT2D eigenvalue weighted by molar-refractivity contribution is -0.138. The van der Waals surface area contributed by atoms with Crippen LogP contribution in [-0.4, -0.2) is 40.2 Å². The van der Waals surface area contributed by atoms with E-state index in [-0.39, 0.29) is 13.2 Å². The zero-order chi connectivity index (χ0) is 27.4. The molecule has 1 unspecified atom stereocenters. The third-order valence-corrected chi connectivity index (χ3v) is 7.51. The predicted molar refractivity (Wildman–Crippen MR) is 154 cm³/mol. The van der Waals surface area contributed by atoms with E-state index in [1.165, 1.54) is 17.8 Å². The van der Waals surface area contributed by atoms with Gasteiger partial charge in [-0.15, -0.1) is 5.10 Å². The Morgan fingerprint density at radius 2 is 2.11 bits per heavy atom. The largest absolute Gasteiger partial charge is 0.493 e. The van der Waals surface area contributed by atoms with E-state index in [9.17, 15) is 4.79 Å². The first-order valence-corrected chi connectivity index (χ1v) is 14.1. The zero-order valence-corrected chi connectivity index (χ0v) is 24.8. The molecular weight excluding hydrogens is 615 g/mol. The average molecular weight is 640 g/mol. The minimum atomic E-state index is -0.632. The summed E-state index contributed by atoms with van der Waals surface area (Å²) < 4.78 is 19.5. The molecule has 0 bridgehead atoms. The van der Waals surface area contributed by atoms with Crippen LogP contribution in [0.1, 0.15) is 31.0 Å². The van der Waals surface area contributed by atoms with Crippen molar-refractivity contribution in [2.24, 2.45) is 0 Å². The molecule has 0 spiro atoms. The first-order chi connectivity index (χ1) is 18.3. The van der Waals surface area contributed by atoms with Crippen molar-refractivity contribution in [3.8, 4) is 11.5 Å². The van der Waals surface area contributed by atoms with Gasteiger partial charge in [-0.25, -0.2) is 9.48 Å². The Morgan fingerprint density at radius 3 is 2.79 bits per heavy atom. The fourth-order valence-electron chi connectivity index (χ4n) is 3.93. The molecule has 0 amide bonds. The third kappa shape index (κ3) is 5.98. The normalized spacial score (nSPS) is 14.5. The van der Waals surface area contributed by atoms with Crippen LogP contribution in [0.4, 0.5) is 5.95 Å². The van der Waals surface area contributed by atoms with Gasteiger partial charge < -0.3 is 19.5 Å². The van der Waals surface area contributed by atoms with E-state index in [4.69, 9.17) is 37.4 Å². The van der Waals surface area contributed by atoms with Crippen LogP contribution in [0.5, 0.6) is 11.5 Å². The quantitative estimate of drug-likeness (QED) is 0.143. The summed E-state index contributed by atoms with van der Waals surface area (Å²) in [6.07, 6.45) is 1.52. The van der Waals surface area contributed by atoms with E-state index in [0.717, 1.165) is 16.9 Å². The molecule has 0 radical (unpaired) electrons. The van der Waals surface area contributed by atoms with Gasteiger partial charge in [0, 0.05) is 21.3 Å². The molecule has 4 rings (SSSR count). The van der Waals surface area contributed by atoms with E-state index in [1.807, 2.05) is 26.0 Å². The predicted octanol–water partition coefficient (Wildman–Crippen LogP) is 7.07. The lowest BCUT2D eigenvalue weighted by atomic mass is 9.95. The molecule has 3 aromatic rings. The van der Waals surface area contributed by atoms with Crippen LogP contribution < -0.4 is 14.8 Å². The van der Waals surface area contributed by atoms with E-state index >= 15 is 0 Å². The number of nitrogens with one attached hydrogen (secondary N) is 1. The second-order valence-corrected chi connectivity index (χ2v) is 11.0. The number of halogens is 3. The molecule has 2 heterocycles. The average Bonchev–Trinajstić information content (AvgIpc) is 3.28. The molecule has 0 fully saturated rings. The Morgan fingerprint density at radius 1 is 1.32 bits per heavy atom. The number of aromatic nitrogens is 3. The molecule has 1 N–H and O–H groups in total. The number of fused-ring (bicyclic) bond motifs is 1. The second-order valence-electron chi connectivity index (χ2n) is 8.11. The highest BCUT2D eigenvalue weighted by Crippen LogP contribution is 2.43. The summed E-state index contributed by atoms with van der Waals surface area (Å²) in [6, 6.07) is 8.26. The molecule has 1 aromatic heterocycles. The van der Waals surface area contributed by atoms with E-state index in [0.29, 0.717) is 48.4 Å². The summed E-state index contributed by atoms with van der Waals surface area (Å²) in [4.78, 5) is 17.8. The summed E-state index contributed by atoms with van der Waals surface area (Å²) in [7, 11) is 1.55. The third-order valence-electron chi connectivity index (χ3n) is 5.61. The number of nitrogens with zero attached hydrogens (tertiary/aromatic N) is 3. The topological polar surface area (TPSA) is 87.5 Å². The molecule has 200 valence electrons. The minimum Gasteiger partial charge on any atom is -0.493 e. The van der Waals surface area contributed by atoms with Gasteiger partial charge in [0.2, 0.25) is 11.1 Å². The fourth-order valence-corrected chi connectivity index (χ4v) is 5.53. The number of esters is 1. The van der Waals surface area contributed by atoms with Crippen LogP contribution in [0.15, 0.2) is 63.9 Å². The molecule has 0 saturated heterocycles. The number of hydrogen-bond acceptors (Lipinski definition) is 8. The summed E-state index contributed by atoms with van der Waals surface area (Å²) in [5.41, 5.74) is 2.50. The lowest BCUT2D eigenvalue weighted by Crippen LogP contribution is -2.29. The summed E-state index contributed by atoms with van der Waals surface area (Å²) >= 11 is 17.5. The van der Waals surface area contributed by atoms with Crippen molar-refractivity contribution in [1.29, 1.82) is 0 Å². The van der Waals surface area contributed by atoms with Crippen molar-refractivity contribution in [2.75, 3.05) is 24.8 Å². The molecule has 1 aliphatic rings. The van der Waals surface area contributed by atoms with Crippen molar-refractivity contribution in [3.05, 3.63) is 79.9 Å². The number of benzene rings is 2. The number of methoxy groups -OCH3 is 1. The Hall–Kier alpha value is -2.66. The maximum absolute atomic E-state index is 13.2. The smallest absolute Gasteiger partial charge is 0.338 e. The van der Waals surface area contributed by atoms with E-state index in [1.54, 1.807) is 30.0 Å². The second kappa shape index (κ2) is 12.5. The SMILES string of the molecule is C=CCOC(=O)C1=C(C)Nc2nc(SCC)nn2C1c1cc(Br)c(OCc2ccc(Cl)cc2Cl)c(OC)c1. The minimum absolute atomic E-state index is 0.0799. The molecule has 38 heavy (non-hydrogen) atoms. The maximum Gasteiger partial charge on any atom is 0.338 e. The Balaban J connectivity index is 1.76. The van der Waals surface area contributed by atoms with Crippen LogP contribution >= 0.6 is 50.9 Å². The van der Waals surface area contributed by atoms with Gasteiger partial charge in [-0.05, 0) is 58.4 Å². The Kier molecular flexibility index (Phi) is 9.30. The van der Waals surface area contributed by atoms with E-state index < -0.39 is 12.0 Å². The lowest BCUT2D eigenvalue weighted by Gasteiger charge is -2.28. The first-order valence-electron chi connectivity index (χ1n) is 11.6. The number of carbonyl (C=O) groups excluding carboxylic acids is 1. The summed E-state index contributed by atoms with van der Waals surface area (Å²) in [5, 5.41) is 9.51. The van der Waals surface area contributed by atoms with Crippen LogP contribution in [0.2, 0.25) is 10.0 Å². The maximum atomic E-state index is 13.2. The van der Waals surface area contributed by atoms with Gasteiger partial charge in [0.05, 0.1) is 17.2 Å². The van der Waals surface area contributed by atoms with Crippen molar-refractivity contribution >= 4 is 62.8 Å². The molecule has 2 aromatic carbocycles. The van der Waals surface area contributed by atoms with Gasteiger partial charge in [-0.2, -0.15) is 4.98 Å².